The minimum atomic E-state index is -0.327. The maximum absolute atomic E-state index is 12.0. The van der Waals surface area contributed by atoms with Gasteiger partial charge in [0.05, 0.1) is 18.2 Å². The summed E-state index contributed by atoms with van der Waals surface area (Å²) < 4.78 is 5.16. The topological polar surface area (TPSA) is 68.3 Å². The molecule has 1 aromatic heterocycles. The molecule has 0 radical (unpaired) electrons. The smallest absolute Gasteiger partial charge is 0.227 e. The van der Waals surface area contributed by atoms with Crippen molar-refractivity contribution in [3.8, 4) is 0 Å². The van der Waals surface area contributed by atoms with Gasteiger partial charge in [0.25, 0.3) is 0 Å². The summed E-state index contributed by atoms with van der Waals surface area (Å²) in [6.07, 6.45) is 3.40. The number of carbonyl (C=O) groups excluding carboxylic acids is 1. The van der Waals surface area contributed by atoms with Crippen molar-refractivity contribution in [3.05, 3.63) is 24.2 Å². The van der Waals surface area contributed by atoms with Crippen LogP contribution in [0.1, 0.15) is 25.5 Å². The van der Waals surface area contributed by atoms with Crippen LogP contribution >= 0.6 is 0 Å². The minimum Gasteiger partial charge on any atom is -0.467 e. The fourth-order valence-electron chi connectivity index (χ4n) is 2.49. The SMILES string of the molecule is CC1CC(CN)(C(=O)NCc2ccco2)C1. The average molecular weight is 222 g/mol. The first kappa shape index (κ1) is 11.2. The molecular weight excluding hydrogens is 204 g/mol. The lowest BCUT2D eigenvalue weighted by Crippen LogP contribution is -2.53. The van der Waals surface area contributed by atoms with Crippen molar-refractivity contribution in [2.24, 2.45) is 17.1 Å². The number of carbonyl (C=O) groups is 1. The molecule has 0 saturated heterocycles. The van der Waals surface area contributed by atoms with Crippen LogP contribution in [0, 0.1) is 11.3 Å². The number of nitrogens with two attached hydrogens (primary N) is 1. The first-order valence-electron chi connectivity index (χ1n) is 5.67. The van der Waals surface area contributed by atoms with Crippen LogP contribution < -0.4 is 11.1 Å². The van der Waals surface area contributed by atoms with Crippen molar-refractivity contribution in [1.82, 2.24) is 5.32 Å². The molecule has 0 unspecified atom stereocenters. The van der Waals surface area contributed by atoms with Crippen LogP contribution in [0.5, 0.6) is 0 Å². The molecule has 0 aromatic carbocycles. The Hall–Kier alpha value is -1.29. The van der Waals surface area contributed by atoms with Gasteiger partial charge in [0, 0.05) is 6.54 Å². The third-order valence-corrected chi connectivity index (χ3v) is 3.35. The van der Waals surface area contributed by atoms with Crippen molar-refractivity contribution < 1.29 is 9.21 Å². The van der Waals surface area contributed by atoms with Gasteiger partial charge in [-0.2, -0.15) is 0 Å². The van der Waals surface area contributed by atoms with Crippen LogP contribution in [0.3, 0.4) is 0 Å². The summed E-state index contributed by atoms with van der Waals surface area (Å²) in [7, 11) is 0. The van der Waals surface area contributed by atoms with E-state index in [-0.39, 0.29) is 11.3 Å². The molecule has 4 heteroatoms. The van der Waals surface area contributed by atoms with E-state index in [1.165, 1.54) is 0 Å². The zero-order valence-corrected chi connectivity index (χ0v) is 9.53. The van der Waals surface area contributed by atoms with Gasteiger partial charge >= 0.3 is 0 Å². The third-order valence-electron chi connectivity index (χ3n) is 3.35. The number of hydrogen-bond acceptors (Lipinski definition) is 3. The van der Waals surface area contributed by atoms with Gasteiger partial charge in [0.2, 0.25) is 5.91 Å². The van der Waals surface area contributed by atoms with E-state index in [9.17, 15) is 4.79 Å². The minimum absolute atomic E-state index is 0.0597. The lowest BCUT2D eigenvalue weighted by molar-refractivity contribution is -0.138. The molecule has 3 N–H and O–H groups in total. The van der Waals surface area contributed by atoms with Gasteiger partial charge < -0.3 is 15.5 Å². The number of nitrogens with one attached hydrogen (secondary N) is 1. The largest absolute Gasteiger partial charge is 0.467 e. The molecule has 88 valence electrons. The van der Waals surface area contributed by atoms with Crippen LogP contribution in [0.2, 0.25) is 0 Å². The molecule has 1 heterocycles. The average Bonchev–Trinajstić information content (AvgIpc) is 2.73. The highest BCUT2D eigenvalue weighted by molar-refractivity contribution is 5.83. The van der Waals surface area contributed by atoms with E-state index >= 15 is 0 Å². The van der Waals surface area contributed by atoms with Crippen molar-refractivity contribution in [2.75, 3.05) is 6.54 Å². The van der Waals surface area contributed by atoms with E-state index in [1.807, 2.05) is 12.1 Å². The molecule has 4 nitrogen and oxygen atoms in total. The van der Waals surface area contributed by atoms with Gasteiger partial charge in [-0.25, -0.2) is 0 Å². The van der Waals surface area contributed by atoms with Crippen molar-refractivity contribution in [1.29, 1.82) is 0 Å². The number of amides is 1. The van der Waals surface area contributed by atoms with Crippen LogP contribution in [-0.4, -0.2) is 12.5 Å². The molecule has 1 fully saturated rings. The summed E-state index contributed by atoms with van der Waals surface area (Å²) in [5.74, 6) is 1.44. The summed E-state index contributed by atoms with van der Waals surface area (Å²) in [6.45, 7) is 3.02. The van der Waals surface area contributed by atoms with Gasteiger partial charge in [0.15, 0.2) is 0 Å². The Bertz CT molecular complexity index is 353. The second-order valence-electron chi connectivity index (χ2n) is 4.76. The number of hydrogen-bond donors (Lipinski definition) is 2. The van der Waals surface area contributed by atoms with E-state index in [4.69, 9.17) is 10.2 Å². The molecule has 16 heavy (non-hydrogen) atoms. The molecule has 2 rings (SSSR count). The van der Waals surface area contributed by atoms with Crippen molar-refractivity contribution >= 4 is 5.91 Å². The van der Waals surface area contributed by atoms with E-state index in [2.05, 4.69) is 12.2 Å². The second kappa shape index (κ2) is 4.29. The molecule has 1 aliphatic carbocycles. The summed E-state index contributed by atoms with van der Waals surface area (Å²) in [5, 5.41) is 2.89. The maximum atomic E-state index is 12.0. The third kappa shape index (κ3) is 1.97. The Labute approximate surface area is 95.2 Å². The van der Waals surface area contributed by atoms with Gasteiger partial charge in [0.1, 0.15) is 5.76 Å². The zero-order chi connectivity index (χ0) is 11.6. The monoisotopic (exact) mass is 222 g/mol. The standard InChI is InChI=1S/C12H18N2O2/c1-9-5-12(6-9,8-13)11(15)14-7-10-3-2-4-16-10/h2-4,9H,5-8,13H2,1H3,(H,14,15). The lowest BCUT2D eigenvalue weighted by atomic mass is 9.62. The predicted octanol–water partition coefficient (Wildman–Crippen LogP) is 1.27. The number of furan rings is 1. The van der Waals surface area contributed by atoms with Crippen LogP contribution in [-0.2, 0) is 11.3 Å². The summed E-state index contributed by atoms with van der Waals surface area (Å²) in [5.41, 5.74) is 5.37. The van der Waals surface area contributed by atoms with Gasteiger partial charge in [-0.15, -0.1) is 0 Å². The van der Waals surface area contributed by atoms with Crippen LogP contribution in [0.25, 0.3) is 0 Å². The highest BCUT2D eigenvalue weighted by Crippen LogP contribution is 2.44. The highest BCUT2D eigenvalue weighted by atomic mass is 16.3. The Morgan fingerprint density at radius 1 is 1.69 bits per heavy atom. The predicted molar refractivity (Wildman–Crippen MR) is 60.4 cm³/mol. The molecule has 1 aromatic rings. The van der Waals surface area contributed by atoms with Crippen LogP contribution in [0.15, 0.2) is 22.8 Å². The molecule has 1 aliphatic rings. The summed E-state index contributed by atoms with van der Waals surface area (Å²) >= 11 is 0. The summed E-state index contributed by atoms with van der Waals surface area (Å²) in [6, 6.07) is 3.66. The molecule has 1 saturated carbocycles. The van der Waals surface area contributed by atoms with E-state index in [1.54, 1.807) is 6.26 Å². The zero-order valence-electron chi connectivity index (χ0n) is 9.53. The fraction of sp³-hybridized carbons (Fsp3) is 0.583. The van der Waals surface area contributed by atoms with Crippen molar-refractivity contribution in [3.63, 3.8) is 0 Å². The summed E-state index contributed by atoms with van der Waals surface area (Å²) in [4.78, 5) is 12.0. The molecule has 1 amide bonds. The lowest BCUT2D eigenvalue weighted by Gasteiger charge is -2.44. The Balaban J connectivity index is 1.88. The van der Waals surface area contributed by atoms with E-state index < -0.39 is 0 Å². The highest BCUT2D eigenvalue weighted by Gasteiger charge is 2.46. The normalized spacial score (nSPS) is 28.5. The molecular formula is C12H18N2O2. The van der Waals surface area contributed by atoms with Gasteiger partial charge in [-0.3, -0.25) is 4.79 Å². The first-order chi connectivity index (χ1) is 7.66. The molecule has 0 bridgehead atoms. The van der Waals surface area contributed by atoms with E-state index in [0.29, 0.717) is 19.0 Å². The first-order valence-corrected chi connectivity index (χ1v) is 5.67. The van der Waals surface area contributed by atoms with Gasteiger partial charge in [-0.1, -0.05) is 6.92 Å². The quantitative estimate of drug-likeness (QED) is 0.806. The maximum Gasteiger partial charge on any atom is 0.227 e. The Kier molecular flexibility index (Phi) is 3.01. The molecule has 0 spiro atoms. The van der Waals surface area contributed by atoms with Gasteiger partial charge in [-0.05, 0) is 30.9 Å². The fourth-order valence-corrected chi connectivity index (χ4v) is 2.49. The van der Waals surface area contributed by atoms with E-state index in [0.717, 1.165) is 18.6 Å². The van der Waals surface area contributed by atoms with Crippen LogP contribution in [0.4, 0.5) is 0 Å². The van der Waals surface area contributed by atoms with Crippen molar-refractivity contribution in [2.45, 2.75) is 26.3 Å². The Morgan fingerprint density at radius 3 is 2.94 bits per heavy atom. The molecule has 0 atom stereocenters. The second-order valence-corrected chi connectivity index (χ2v) is 4.76. The Morgan fingerprint density at radius 2 is 2.44 bits per heavy atom. The number of rotatable bonds is 4. The molecule has 0 aliphatic heterocycles.